The maximum atomic E-state index is 13.0. The molecule has 0 saturated heterocycles. The molecule has 1 aromatic carbocycles. The first-order chi connectivity index (χ1) is 12.9. The SMILES string of the molecule is Cc1cn2cc(C(F)(F)F)cc2c(C#Cc2cccc(-c3cnoc3)c2)n1. The molecule has 27 heavy (non-hydrogen) atoms. The topological polar surface area (TPSA) is 43.3 Å². The van der Waals surface area contributed by atoms with Crippen molar-refractivity contribution in [2.45, 2.75) is 13.1 Å². The van der Waals surface area contributed by atoms with E-state index in [1.807, 2.05) is 24.3 Å². The molecule has 0 radical (unpaired) electrons. The fraction of sp³-hybridized carbons (Fsp3) is 0.100. The van der Waals surface area contributed by atoms with Gasteiger partial charge in [-0.05, 0) is 36.6 Å². The zero-order chi connectivity index (χ0) is 19.0. The number of fused-ring (bicyclic) bond motifs is 1. The van der Waals surface area contributed by atoms with Crippen LogP contribution in [0.25, 0.3) is 16.6 Å². The molecule has 0 N–H and O–H groups in total. The molecular weight excluding hydrogens is 355 g/mol. The van der Waals surface area contributed by atoms with Gasteiger partial charge in [-0.15, -0.1) is 0 Å². The Bertz CT molecular complexity index is 1180. The quantitative estimate of drug-likeness (QED) is 0.458. The Morgan fingerprint density at radius 3 is 2.67 bits per heavy atom. The molecule has 0 aliphatic rings. The number of alkyl halides is 3. The molecule has 3 heterocycles. The number of aryl methyl sites for hydroxylation is 1. The van der Waals surface area contributed by atoms with Gasteiger partial charge >= 0.3 is 6.18 Å². The molecule has 3 aromatic heterocycles. The van der Waals surface area contributed by atoms with Crippen LogP contribution in [0.15, 0.2) is 59.7 Å². The molecule has 0 saturated carbocycles. The lowest BCUT2D eigenvalue weighted by Crippen LogP contribution is -2.02. The Morgan fingerprint density at radius 1 is 1.07 bits per heavy atom. The number of aromatic nitrogens is 3. The lowest BCUT2D eigenvalue weighted by Gasteiger charge is -2.00. The van der Waals surface area contributed by atoms with E-state index in [2.05, 4.69) is 22.0 Å². The van der Waals surface area contributed by atoms with Crippen LogP contribution < -0.4 is 0 Å². The minimum atomic E-state index is -4.42. The van der Waals surface area contributed by atoms with Gasteiger partial charge in [0.25, 0.3) is 0 Å². The number of nitrogens with zero attached hydrogens (tertiary/aromatic N) is 3. The summed E-state index contributed by atoms with van der Waals surface area (Å²) >= 11 is 0. The molecule has 4 nitrogen and oxygen atoms in total. The molecule has 0 atom stereocenters. The van der Waals surface area contributed by atoms with Gasteiger partial charge in [0, 0.05) is 23.5 Å². The number of benzene rings is 1. The van der Waals surface area contributed by atoms with Gasteiger partial charge in [0.05, 0.1) is 23.0 Å². The lowest BCUT2D eigenvalue weighted by atomic mass is 10.1. The van der Waals surface area contributed by atoms with Crippen LogP contribution in [-0.2, 0) is 6.18 Å². The Balaban J connectivity index is 1.77. The first kappa shape index (κ1) is 16.9. The second-order valence-corrected chi connectivity index (χ2v) is 5.99. The normalized spacial score (nSPS) is 11.4. The third kappa shape index (κ3) is 3.42. The Labute approximate surface area is 152 Å². The number of hydrogen-bond donors (Lipinski definition) is 0. The van der Waals surface area contributed by atoms with E-state index in [-0.39, 0.29) is 0 Å². The van der Waals surface area contributed by atoms with Crippen LogP contribution in [0.1, 0.15) is 22.5 Å². The largest absolute Gasteiger partial charge is 0.417 e. The van der Waals surface area contributed by atoms with Crippen LogP contribution >= 0.6 is 0 Å². The molecule has 7 heteroatoms. The molecule has 4 aromatic rings. The minimum Gasteiger partial charge on any atom is -0.364 e. The zero-order valence-electron chi connectivity index (χ0n) is 14.1. The molecule has 0 spiro atoms. The fourth-order valence-electron chi connectivity index (χ4n) is 2.74. The highest BCUT2D eigenvalue weighted by Crippen LogP contribution is 2.31. The summed E-state index contributed by atoms with van der Waals surface area (Å²) in [6.07, 6.45) is 1.29. The first-order valence-electron chi connectivity index (χ1n) is 7.98. The van der Waals surface area contributed by atoms with Crippen molar-refractivity contribution in [2.24, 2.45) is 0 Å². The summed E-state index contributed by atoms with van der Waals surface area (Å²) in [6, 6.07) is 8.46. The third-order valence-electron chi connectivity index (χ3n) is 3.99. The van der Waals surface area contributed by atoms with Crippen LogP contribution in [0, 0.1) is 18.8 Å². The summed E-state index contributed by atoms with van der Waals surface area (Å²) < 4.78 is 45.3. The molecule has 0 bridgehead atoms. The first-order valence-corrected chi connectivity index (χ1v) is 7.98. The molecule has 134 valence electrons. The molecule has 0 amide bonds. The van der Waals surface area contributed by atoms with Gasteiger partial charge in [-0.1, -0.05) is 23.2 Å². The highest BCUT2D eigenvalue weighted by Gasteiger charge is 2.32. The zero-order valence-corrected chi connectivity index (χ0v) is 14.1. The van der Waals surface area contributed by atoms with E-state index in [1.54, 1.807) is 19.3 Å². The van der Waals surface area contributed by atoms with Crippen molar-refractivity contribution in [3.05, 3.63) is 77.7 Å². The predicted octanol–water partition coefficient (Wildman–Crippen LogP) is 4.72. The van der Waals surface area contributed by atoms with E-state index >= 15 is 0 Å². The molecule has 0 aliphatic heterocycles. The average molecular weight is 367 g/mol. The van der Waals surface area contributed by atoms with Crippen molar-refractivity contribution in [1.82, 2.24) is 14.5 Å². The molecule has 4 rings (SSSR count). The van der Waals surface area contributed by atoms with E-state index in [9.17, 15) is 13.2 Å². The summed E-state index contributed by atoms with van der Waals surface area (Å²) in [7, 11) is 0. The summed E-state index contributed by atoms with van der Waals surface area (Å²) in [5.74, 6) is 5.87. The van der Waals surface area contributed by atoms with Crippen LogP contribution in [0.3, 0.4) is 0 Å². The number of halogens is 3. The summed E-state index contributed by atoms with van der Waals surface area (Å²) in [5, 5.41) is 3.67. The van der Waals surface area contributed by atoms with E-state index in [0.29, 0.717) is 22.5 Å². The van der Waals surface area contributed by atoms with Crippen molar-refractivity contribution in [1.29, 1.82) is 0 Å². The molecule has 0 unspecified atom stereocenters. The summed E-state index contributed by atoms with van der Waals surface area (Å²) in [5.41, 5.74) is 2.86. The molecular formula is C20H12F3N3O. The van der Waals surface area contributed by atoms with E-state index in [1.165, 1.54) is 10.7 Å². The van der Waals surface area contributed by atoms with Crippen LogP contribution in [0.5, 0.6) is 0 Å². The van der Waals surface area contributed by atoms with E-state index < -0.39 is 11.7 Å². The Hall–Kier alpha value is -3.53. The van der Waals surface area contributed by atoms with Crippen molar-refractivity contribution in [2.75, 3.05) is 0 Å². The summed E-state index contributed by atoms with van der Waals surface area (Å²) in [4.78, 5) is 4.30. The van der Waals surface area contributed by atoms with Crippen LogP contribution in [-0.4, -0.2) is 14.5 Å². The van der Waals surface area contributed by atoms with Crippen molar-refractivity contribution >= 4 is 5.52 Å². The summed E-state index contributed by atoms with van der Waals surface area (Å²) in [6.45, 7) is 1.71. The maximum absolute atomic E-state index is 13.0. The number of rotatable bonds is 1. The fourth-order valence-corrected chi connectivity index (χ4v) is 2.74. The van der Waals surface area contributed by atoms with Crippen LogP contribution in [0.2, 0.25) is 0 Å². The van der Waals surface area contributed by atoms with Gasteiger partial charge in [0.15, 0.2) is 0 Å². The van der Waals surface area contributed by atoms with Crippen molar-refractivity contribution in [3.63, 3.8) is 0 Å². The van der Waals surface area contributed by atoms with E-state index in [0.717, 1.165) is 23.4 Å². The highest BCUT2D eigenvalue weighted by molar-refractivity contribution is 5.65. The van der Waals surface area contributed by atoms with Crippen molar-refractivity contribution < 1.29 is 17.7 Å². The third-order valence-corrected chi connectivity index (χ3v) is 3.99. The minimum absolute atomic E-state index is 0.292. The van der Waals surface area contributed by atoms with Gasteiger partial charge in [0.2, 0.25) is 0 Å². The lowest BCUT2D eigenvalue weighted by molar-refractivity contribution is -0.137. The van der Waals surface area contributed by atoms with Crippen LogP contribution in [0.4, 0.5) is 13.2 Å². The van der Waals surface area contributed by atoms with Crippen molar-refractivity contribution in [3.8, 4) is 23.0 Å². The van der Waals surface area contributed by atoms with Gasteiger partial charge in [0.1, 0.15) is 12.0 Å². The number of hydrogen-bond acceptors (Lipinski definition) is 3. The average Bonchev–Trinajstić information content (AvgIpc) is 3.29. The van der Waals surface area contributed by atoms with Gasteiger partial charge < -0.3 is 8.92 Å². The second kappa shape index (κ2) is 6.32. The molecule has 0 fully saturated rings. The smallest absolute Gasteiger partial charge is 0.364 e. The standard InChI is InChI=1S/C20H12F3N3O/c1-13-10-26-11-17(20(21,22)23)8-19(26)18(25-13)6-5-14-3-2-4-15(7-14)16-9-24-27-12-16/h2-4,7-12H,1H3. The predicted molar refractivity (Wildman–Crippen MR) is 92.9 cm³/mol. The second-order valence-electron chi connectivity index (χ2n) is 5.99. The monoisotopic (exact) mass is 367 g/mol. The Morgan fingerprint density at radius 2 is 1.93 bits per heavy atom. The van der Waals surface area contributed by atoms with Gasteiger partial charge in [-0.25, -0.2) is 4.98 Å². The van der Waals surface area contributed by atoms with E-state index in [4.69, 9.17) is 4.52 Å². The highest BCUT2D eigenvalue weighted by atomic mass is 19.4. The molecule has 0 aliphatic carbocycles. The van der Waals surface area contributed by atoms with Gasteiger partial charge in [-0.3, -0.25) is 0 Å². The maximum Gasteiger partial charge on any atom is 0.417 e. The Kier molecular flexibility index (Phi) is 3.96. The van der Waals surface area contributed by atoms with Gasteiger partial charge in [-0.2, -0.15) is 13.2 Å².